The van der Waals surface area contributed by atoms with Crippen molar-refractivity contribution in [2.24, 2.45) is 5.11 Å². The molecule has 0 unspecified atom stereocenters. The molecule has 0 spiro atoms. The average Bonchev–Trinajstić information content (AvgIpc) is 2.24. The summed E-state index contributed by atoms with van der Waals surface area (Å²) < 4.78 is 0. The number of hydrogen-bond donors (Lipinski definition) is 2. The van der Waals surface area contributed by atoms with Gasteiger partial charge in [-0.2, -0.15) is 0 Å². The third-order valence-electron chi connectivity index (χ3n) is 1.87. The van der Waals surface area contributed by atoms with Crippen LogP contribution < -0.4 is 5.73 Å². The predicted molar refractivity (Wildman–Crippen MR) is 60.9 cm³/mol. The normalized spacial score (nSPS) is 10.0. The molecule has 1 rings (SSSR count). The lowest BCUT2D eigenvalue weighted by Crippen LogP contribution is -2.01. The highest BCUT2D eigenvalue weighted by atomic mass is 16.4. The number of nitrogens with two attached hydrogens (primary N) is 1. The van der Waals surface area contributed by atoms with Gasteiger partial charge < -0.3 is 10.8 Å². The summed E-state index contributed by atoms with van der Waals surface area (Å²) >= 11 is 0. The Morgan fingerprint density at radius 2 is 2.38 bits per heavy atom. The van der Waals surface area contributed by atoms with E-state index in [9.17, 15) is 4.79 Å². The third-order valence-corrected chi connectivity index (χ3v) is 1.87. The summed E-state index contributed by atoms with van der Waals surface area (Å²) in [5.74, 6) is -1.05. The summed E-state index contributed by atoms with van der Waals surface area (Å²) in [6.45, 7) is 0.247. The van der Waals surface area contributed by atoms with Crippen LogP contribution in [0.5, 0.6) is 0 Å². The van der Waals surface area contributed by atoms with Gasteiger partial charge in [-0.25, -0.2) is 4.79 Å². The van der Waals surface area contributed by atoms with Crippen LogP contribution in [0, 0.1) is 0 Å². The van der Waals surface area contributed by atoms with E-state index in [0.29, 0.717) is 0 Å². The van der Waals surface area contributed by atoms with E-state index < -0.39 is 5.97 Å². The monoisotopic (exact) mass is 218 g/mol. The Labute approximate surface area is 91.6 Å². The maximum Gasteiger partial charge on any atom is 0.337 e. The first kappa shape index (κ1) is 11.6. The molecule has 16 heavy (non-hydrogen) atoms. The first-order valence-electron chi connectivity index (χ1n) is 4.45. The summed E-state index contributed by atoms with van der Waals surface area (Å²) in [6.07, 6.45) is 3.37. The topological polar surface area (TPSA) is 112 Å². The number of benzene rings is 1. The van der Waals surface area contributed by atoms with Crippen LogP contribution in [0.2, 0.25) is 0 Å². The zero-order valence-corrected chi connectivity index (χ0v) is 8.37. The van der Waals surface area contributed by atoms with E-state index in [1.807, 2.05) is 0 Å². The van der Waals surface area contributed by atoms with Crippen molar-refractivity contribution in [3.63, 3.8) is 0 Å². The summed E-state index contributed by atoms with van der Waals surface area (Å²) in [7, 11) is 0. The average molecular weight is 218 g/mol. The van der Waals surface area contributed by atoms with Crippen molar-refractivity contribution < 1.29 is 9.90 Å². The Hall–Kier alpha value is -2.46. The molecule has 0 bridgehead atoms. The number of aromatic carboxylic acids is 1. The van der Waals surface area contributed by atoms with Gasteiger partial charge in [-0.05, 0) is 23.2 Å². The molecule has 3 N–H and O–H groups in total. The van der Waals surface area contributed by atoms with Crippen molar-refractivity contribution in [2.75, 3.05) is 12.3 Å². The quantitative estimate of drug-likeness (QED) is 0.350. The summed E-state index contributed by atoms with van der Waals surface area (Å²) in [5.41, 5.74) is 14.6. The van der Waals surface area contributed by atoms with E-state index in [1.54, 1.807) is 24.3 Å². The first-order valence-corrected chi connectivity index (χ1v) is 4.45. The molecular formula is C10H10N4O2. The number of carboxylic acids is 1. The lowest BCUT2D eigenvalue weighted by molar-refractivity contribution is 0.0698. The Balaban J connectivity index is 2.85. The fourth-order valence-electron chi connectivity index (χ4n) is 1.15. The molecular weight excluding hydrogens is 208 g/mol. The molecule has 82 valence electrons. The largest absolute Gasteiger partial charge is 0.478 e. The van der Waals surface area contributed by atoms with Gasteiger partial charge in [0.25, 0.3) is 0 Å². The summed E-state index contributed by atoms with van der Waals surface area (Å²) in [6, 6.07) is 4.62. The third kappa shape index (κ3) is 3.04. The van der Waals surface area contributed by atoms with E-state index in [2.05, 4.69) is 10.0 Å². The van der Waals surface area contributed by atoms with Crippen LogP contribution in [0.25, 0.3) is 16.5 Å². The van der Waals surface area contributed by atoms with Crippen molar-refractivity contribution >= 4 is 17.7 Å². The Morgan fingerprint density at radius 1 is 1.62 bits per heavy atom. The van der Waals surface area contributed by atoms with Gasteiger partial charge in [0.2, 0.25) is 0 Å². The number of carboxylic acid groups (broad SMARTS) is 1. The lowest BCUT2D eigenvalue weighted by Gasteiger charge is -2.01. The minimum absolute atomic E-state index is 0.0761. The molecule has 6 nitrogen and oxygen atoms in total. The molecule has 1 aromatic carbocycles. The highest BCUT2D eigenvalue weighted by Crippen LogP contribution is 2.15. The van der Waals surface area contributed by atoms with E-state index in [1.165, 1.54) is 6.07 Å². The molecule has 0 aliphatic heterocycles. The molecule has 0 heterocycles. The SMILES string of the molecule is [N-]=[N+]=NCC=Cc1ccc(C(=O)O)c(N)c1. The fourth-order valence-corrected chi connectivity index (χ4v) is 1.15. The van der Waals surface area contributed by atoms with Crippen molar-refractivity contribution in [1.29, 1.82) is 0 Å². The molecule has 0 aliphatic carbocycles. The van der Waals surface area contributed by atoms with Gasteiger partial charge in [0.15, 0.2) is 0 Å². The van der Waals surface area contributed by atoms with Gasteiger partial charge in [-0.3, -0.25) is 0 Å². The molecule has 0 saturated carbocycles. The maximum absolute atomic E-state index is 10.7. The molecule has 0 atom stereocenters. The lowest BCUT2D eigenvalue weighted by atomic mass is 10.1. The van der Waals surface area contributed by atoms with Crippen molar-refractivity contribution in [3.05, 3.63) is 45.8 Å². The van der Waals surface area contributed by atoms with Gasteiger partial charge in [0.05, 0.1) is 5.56 Å². The van der Waals surface area contributed by atoms with Gasteiger partial charge in [0.1, 0.15) is 0 Å². The predicted octanol–water partition coefficient (Wildman–Crippen LogP) is 2.29. The molecule has 0 fully saturated rings. The van der Waals surface area contributed by atoms with Gasteiger partial charge in [-0.1, -0.05) is 23.3 Å². The van der Waals surface area contributed by atoms with E-state index in [-0.39, 0.29) is 17.8 Å². The van der Waals surface area contributed by atoms with Crippen LogP contribution in [0.1, 0.15) is 15.9 Å². The molecule has 0 radical (unpaired) electrons. The van der Waals surface area contributed by atoms with Gasteiger partial charge in [0, 0.05) is 17.1 Å². The zero-order valence-electron chi connectivity index (χ0n) is 8.37. The minimum Gasteiger partial charge on any atom is -0.478 e. The summed E-state index contributed by atoms with van der Waals surface area (Å²) in [4.78, 5) is 13.3. The number of azide groups is 1. The highest BCUT2D eigenvalue weighted by molar-refractivity contribution is 5.94. The van der Waals surface area contributed by atoms with Crippen LogP contribution in [-0.4, -0.2) is 17.6 Å². The van der Waals surface area contributed by atoms with Crippen molar-refractivity contribution in [2.45, 2.75) is 0 Å². The Bertz CT molecular complexity index is 476. The number of nitrogens with zero attached hydrogens (tertiary/aromatic N) is 3. The van der Waals surface area contributed by atoms with Crippen LogP contribution in [-0.2, 0) is 0 Å². The summed E-state index contributed by atoms with van der Waals surface area (Å²) in [5, 5.41) is 12.1. The zero-order chi connectivity index (χ0) is 12.0. The second-order valence-electron chi connectivity index (χ2n) is 2.97. The first-order chi connectivity index (χ1) is 7.65. The Morgan fingerprint density at radius 3 is 2.94 bits per heavy atom. The number of carbonyl (C=O) groups is 1. The van der Waals surface area contributed by atoms with Gasteiger partial charge >= 0.3 is 5.97 Å². The highest BCUT2D eigenvalue weighted by Gasteiger charge is 2.06. The molecule has 0 aliphatic rings. The Kier molecular flexibility index (Phi) is 3.94. The van der Waals surface area contributed by atoms with Crippen LogP contribution >= 0.6 is 0 Å². The standard InChI is InChI=1S/C10H10N4O2/c11-9-6-7(2-1-5-13-14-12)3-4-8(9)10(15)16/h1-4,6H,5,11H2,(H,15,16). The number of anilines is 1. The van der Waals surface area contributed by atoms with Gasteiger partial charge in [-0.15, -0.1) is 0 Å². The second-order valence-corrected chi connectivity index (χ2v) is 2.97. The van der Waals surface area contributed by atoms with E-state index in [4.69, 9.17) is 16.4 Å². The number of rotatable bonds is 4. The maximum atomic E-state index is 10.7. The van der Waals surface area contributed by atoms with E-state index >= 15 is 0 Å². The number of hydrogen-bond acceptors (Lipinski definition) is 3. The second kappa shape index (κ2) is 5.43. The molecule has 6 heteroatoms. The number of nitrogen functional groups attached to an aromatic ring is 1. The molecule has 0 aromatic heterocycles. The molecule has 1 aromatic rings. The molecule has 0 saturated heterocycles. The van der Waals surface area contributed by atoms with E-state index in [0.717, 1.165) is 5.56 Å². The van der Waals surface area contributed by atoms with Crippen LogP contribution in [0.15, 0.2) is 29.4 Å². The van der Waals surface area contributed by atoms with Crippen molar-refractivity contribution in [1.82, 2.24) is 0 Å². The van der Waals surface area contributed by atoms with Crippen LogP contribution in [0.3, 0.4) is 0 Å². The molecule has 0 amide bonds. The fraction of sp³-hybridized carbons (Fsp3) is 0.100. The smallest absolute Gasteiger partial charge is 0.337 e. The van der Waals surface area contributed by atoms with Crippen LogP contribution in [0.4, 0.5) is 5.69 Å². The minimum atomic E-state index is -1.05. The van der Waals surface area contributed by atoms with Crippen molar-refractivity contribution in [3.8, 4) is 0 Å².